The van der Waals surface area contributed by atoms with Gasteiger partial charge in [-0.15, -0.1) is 0 Å². The molecule has 0 fully saturated rings. The van der Waals surface area contributed by atoms with Gasteiger partial charge in [0.2, 0.25) is 5.95 Å². The maximum atomic E-state index is 12.9. The quantitative estimate of drug-likeness (QED) is 0.782. The molecule has 1 heterocycles. The minimum absolute atomic E-state index is 0.0391. The number of hydrogen-bond donors (Lipinski definition) is 2. The molecule has 0 spiro atoms. The maximum Gasteiger partial charge on any atom is 0.433 e. The van der Waals surface area contributed by atoms with Crippen LogP contribution < -0.4 is 11.1 Å². The number of nitrogens with zero attached hydrogens (tertiary/aromatic N) is 2. The van der Waals surface area contributed by atoms with Gasteiger partial charge in [-0.1, -0.05) is 23.2 Å². The zero-order valence-electron chi connectivity index (χ0n) is 10.6. The molecule has 0 atom stereocenters. The average molecular weight is 367 g/mol. The number of anilines is 1. The summed E-state index contributed by atoms with van der Waals surface area (Å²) in [5.74, 6) is -0.372. The smallest absolute Gasteiger partial charge is 0.376 e. The van der Waals surface area contributed by atoms with E-state index in [-0.39, 0.29) is 27.3 Å². The first kappa shape index (κ1) is 16.7. The zero-order valence-corrected chi connectivity index (χ0v) is 12.9. The van der Waals surface area contributed by atoms with Crippen LogP contribution in [0.2, 0.25) is 10.0 Å². The summed E-state index contributed by atoms with van der Waals surface area (Å²) in [6.07, 6.45) is -4.66. The predicted molar refractivity (Wildman–Crippen MR) is 82.9 cm³/mol. The molecule has 0 aliphatic heterocycles. The van der Waals surface area contributed by atoms with E-state index < -0.39 is 11.9 Å². The molecular weight excluding hydrogens is 360 g/mol. The molecule has 0 aliphatic carbocycles. The molecule has 22 heavy (non-hydrogen) atoms. The van der Waals surface area contributed by atoms with Gasteiger partial charge < -0.3 is 11.1 Å². The summed E-state index contributed by atoms with van der Waals surface area (Å²) in [4.78, 5) is 7.26. The summed E-state index contributed by atoms with van der Waals surface area (Å²) in [5, 5.41) is 2.52. The molecule has 2 aromatic rings. The number of thiocarbonyl (C=S) groups is 1. The van der Waals surface area contributed by atoms with Gasteiger partial charge in [0.05, 0.1) is 10.7 Å². The van der Waals surface area contributed by atoms with E-state index in [1.807, 2.05) is 0 Å². The molecule has 0 unspecified atom stereocenters. The van der Waals surface area contributed by atoms with Crippen LogP contribution in [0.3, 0.4) is 0 Å². The minimum Gasteiger partial charge on any atom is -0.376 e. The Kier molecular flexibility index (Phi) is 4.74. The summed E-state index contributed by atoms with van der Waals surface area (Å²) < 4.78 is 38.8. The number of nitrogens with two attached hydrogens (primary N) is 1. The van der Waals surface area contributed by atoms with E-state index >= 15 is 0 Å². The van der Waals surface area contributed by atoms with E-state index in [2.05, 4.69) is 27.5 Å². The van der Waals surface area contributed by atoms with Crippen LogP contribution in [0.25, 0.3) is 11.3 Å². The summed E-state index contributed by atoms with van der Waals surface area (Å²) in [6, 6.07) is 5.12. The molecule has 0 radical (unpaired) electrons. The highest BCUT2D eigenvalue weighted by atomic mass is 35.5. The lowest BCUT2D eigenvalue weighted by molar-refractivity contribution is -0.141. The van der Waals surface area contributed by atoms with E-state index in [4.69, 9.17) is 28.9 Å². The molecule has 1 aromatic heterocycles. The van der Waals surface area contributed by atoms with Crippen molar-refractivity contribution in [3.05, 3.63) is 40.0 Å². The van der Waals surface area contributed by atoms with Crippen LogP contribution >= 0.6 is 35.4 Å². The number of aromatic nitrogens is 2. The van der Waals surface area contributed by atoms with Crippen LogP contribution in [0.15, 0.2) is 24.3 Å². The molecule has 0 bridgehead atoms. The predicted octanol–water partition coefficient (Wildman–Crippen LogP) is 4.12. The van der Waals surface area contributed by atoms with Crippen molar-refractivity contribution in [2.75, 3.05) is 5.32 Å². The Labute approximate surface area is 138 Å². The number of benzene rings is 1. The maximum absolute atomic E-state index is 12.9. The van der Waals surface area contributed by atoms with Crippen molar-refractivity contribution in [2.24, 2.45) is 5.73 Å². The van der Waals surface area contributed by atoms with Crippen LogP contribution in [0.5, 0.6) is 0 Å². The second kappa shape index (κ2) is 6.23. The number of hydrogen-bond acceptors (Lipinski definition) is 3. The first-order valence-corrected chi connectivity index (χ1v) is 6.81. The highest BCUT2D eigenvalue weighted by Gasteiger charge is 2.34. The van der Waals surface area contributed by atoms with Crippen molar-refractivity contribution in [2.45, 2.75) is 6.18 Å². The molecule has 116 valence electrons. The van der Waals surface area contributed by atoms with Crippen LogP contribution in [-0.4, -0.2) is 15.1 Å². The fourth-order valence-electron chi connectivity index (χ4n) is 1.59. The van der Waals surface area contributed by atoms with E-state index in [0.717, 1.165) is 6.07 Å². The van der Waals surface area contributed by atoms with Gasteiger partial charge in [-0.2, -0.15) is 13.2 Å². The van der Waals surface area contributed by atoms with Gasteiger partial charge in [0.1, 0.15) is 0 Å². The van der Waals surface area contributed by atoms with Gasteiger partial charge in [-0.05, 0) is 36.5 Å². The van der Waals surface area contributed by atoms with E-state index in [0.29, 0.717) is 5.02 Å². The van der Waals surface area contributed by atoms with Crippen molar-refractivity contribution in [3.8, 4) is 11.3 Å². The molecule has 2 rings (SSSR count). The minimum atomic E-state index is -4.66. The first-order chi connectivity index (χ1) is 10.2. The second-order valence-electron chi connectivity index (χ2n) is 4.07. The Morgan fingerprint density at radius 1 is 1.18 bits per heavy atom. The topological polar surface area (TPSA) is 63.8 Å². The Morgan fingerprint density at radius 3 is 2.41 bits per heavy atom. The lowest BCUT2D eigenvalue weighted by Gasteiger charge is -2.12. The van der Waals surface area contributed by atoms with E-state index in [1.54, 1.807) is 0 Å². The van der Waals surface area contributed by atoms with Crippen LogP contribution in [-0.2, 0) is 6.18 Å². The van der Waals surface area contributed by atoms with Crippen molar-refractivity contribution < 1.29 is 13.2 Å². The largest absolute Gasteiger partial charge is 0.433 e. The molecule has 1 aromatic carbocycles. The van der Waals surface area contributed by atoms with E-state index in [1.165, 1.54) is 18.2 Å². The fourth-order valence-corrected chi connectivity index (χ4v) is 2.19. The van der Waals surface area contributed by atoms with Gasteiger partial charge in [-0.3, -0.25) is 0 Å². The van der Waals surface area contributed by atoms with Crippen molar-refractivity contribution in [1.82, 2.24) is 9.97 Å². The zero-order chi connectivity index (χ0) is 16.5. The van der Waals surface area contributed by atoms with Crippen molar-refractivity contribution in [1.29, 1.82) is 0 Å². The van der Waals surface area contributed by atoms with Crippen LogP contribution in [0.4, 0.5) is 19.1 Å². The molecule has 0 aliphatic rings. The second-order valence-corrected chi connectivity index (χ2v) is 5.36. The number of nitrogens with one attached hydrogen (secondary N) is 1. The first-order valence-electron chi connectivity index (χ1n) is 5.65. The third kappa shape index (κ3) is 3.96. The number of rotatable bonds is 2. The van der Waals surface area contributed by atoms with Gasteiger partial charge in [0.15, 0.2) is 10.8 Å². The Bertz CT molecular complexity index is 737. The standard InChI is InChI=1S/C12H7Cl2F3N4S/c13-5-1-2-6(7(14)3-5)8-4-9(12(15,16)17)20-11(19-8)21-10(18)22/h1-4H,(H3,18,19,20,21,22). The summed E-state index contributed by atoms with van der Waals surface area (Å²) >= 11 is 16.3. The SMILES string of the molecule is NC(=S)Nc1nc(-c2ccc(Cl)cc2Cl)cc(C(F)(F)F)n1. The summed E-state index contributed by atoms with van der Waals surface area (Å²) in [6.45, 7) is 0. The van der Waals surface area contributed by atoms with E-state index in [9.17, 15) is 13.2 Å². The van der Waals surface area contributed by atoms with Gasteiger partial charge in [0, 0.05) is 10.6 Å². The van der Waals surface area contributed by atoms with Crippen molar-refractivity contribution in [3.63, 3.8) is 0 Å². The third-order valence-corrected chi connectivity index (χ3v) is 3.11. The third-order valence-electron chi connectivity index (χ3n) is 2.46. The lowest BCUT2D eigenvalue weighted by Crippen LogP contribution is -2.22. The van der Waals surface area contributed by atoms with Gasteiger partial charge >= 0.3 is 6.18 Å². The normalized spacial score (nSPS) is 11.3. The highest BCUT2D eigenvalue weighted by Crippen LogP contribution is 2.34. The highest BCUT2D eigenvalue weighted by molar-refractivity contribution is 7.80. The monoisotopic (exact) mass is 366 g/mol. The molecule has 0 saturated carbocycles. The molecule has 3 N–H and O–H groups in total. The fraction of sp³-hybridized carbons (Fsp3) is 0.0833. The van der Waals surface area contributed by atoms with Crippen LogP contribution in [0, 0.1) is 0 Å². The summed E-state index contributed by atoms with van der Waals surface area (Å²) in [7, 11) is 0. The Hall–Kier alpha value is -1.64. The molecule has 4 nitrogen and oxygen atoms in total. The van der Waals surface area contributed by atoms with Crippen molar-refractivity contribution >= 4 is 46.5 Å². The van der Waals surface area contributed by atoms with Gasteiger partial charge in [0.25, 0.3) is 0 Å². The number of halogens is 5. The van der Waals surface area contributed by atoms with Gasteiger partial charge in [-0.25, -0.2) is 9.97 Å². The van der Waals surface area contributed by atoms with Crippen LogP contribution in [0.1, 0.15) is 5.69 Å². The lowest BCUT2D eigenvalue weighted by atomic mass is 10.1. The molecule has 0 amide bonds. The molecule has 0 saturated heterocycles. The average Bonchev–Trinajstić information content (AvgIpc) is 2.36. The Morgan fingerprint density at radius 2 is 1.86 bits per heavy atom. The molecule has 10 heteroatoms. The Balaban J connectivity index is 2.61. The number of alkyl halides is 3. The molecular formula is C12H7Cl2F3N4S. The summed E-state index contributed by atoms with van der Waals surface area (Å²) in [5.41, 5.74) is 4.32.